The molecule has 21 heteroatoms. The fourth-order valence-electron chi connectivity index (χ4n) is 5.70. The van der Waals surface area contributed by atoms with Gasteiger partial charge < -0.3 is 52.6 Å². The van der Waals surface area contributed by atoms with Crippen molar-refractivity contribution in [3.63, 3.8) is 0 Å². The molecule has 65 heavy (non-hydrogen) atoms. The van der Waals surface area contributed by atoms with E-state index < -0.39 is 96.9 Å². The summed E-state index contributed by atoms with van der Waals surface area (Å²) in [6, 6.07) is 19.9. The van der Waals surface area contributed by atoms with E-state index in [-0.39, 0.29) is 48.3 Å². The van der Waals surface area contributed by atoms with Crippen molar-refractivity contribution in [1.82, 2.24) is 42.5 Å². The number of benzene rings is 3. The van der Waals surface area contributed by atoms with Crippen molar-refractivity contribution in [2.45, 2.75) is 62.9 Å². The molecule has 9 N–H and O–H groups in total. The highest BCUT2D eigenvalue weighted by Crippen LogP contribution is 2.23. The van der Waals surface area contributed by atoms with E-state index >= 15 is 0 Å². The minimum Gasteiger partial charge on any atom is -0.465 e. The number of anilines is 1. The molecule has 0 aromatic heterocycles. The predicted octanol–water partition coefficient (Wildman–Crippen LogP) is -1.05. The van der Waals surface area contributed by atoms with Gasteiger partial charge in [0.25, 0.3) is 5.91 Å². The van der Waals surface area contributed by atoms with Gasteiger partial charge in [-0.2, -0.15) is 0 Å². The number of ether oxygens (including phenoxy) is 1. The van der Waals surface area contributed by atoms with Crippen LogP contribution in [0, 0.1) is 0 Å². The lowest BCUT2D eigenvalue weighted by Gasteiger charge is -2.23. The lowest BCUT2D eigenvalue weighted by atomic mass is 10.0. The predicted molar refractivity (Wildman–Crippen MR) is 241 cm³/mol. The minimum absolute atomic E-state index is 0.0473. The van der Waals surface area contributed by atoms with E-state index in [0.29, 0.717) is 16.9 Å². The smallest absolute Gasteiger partial charge is 0.325 e. The molecule has 4 atom stereocenters. The van der Waals surface area contributed by atoms with Crippen LogP contribution in [-0.2, 0) is 71.0 Å². The van der Waals surface area contributed by atoms with Crippen LogP contribution in [0.15, 0.2) is 83.8 Å². The molecular formula is C44H56N9O11S+. The number of carbonyl (C=O) groups excluding carboxylic acids is 10. The van der Waals surface area contributed by atoms with Gasteiger partial charge >= 0.3 is 5.97 Å². The summed E-state index contributed by atoms with van der Waals surface area (Å²) in [4.78, 5) is 126. The summed E-state index contributed by atoms with van der Waals surface area (Å²) in [5.41, 5.74) is 1.66. The first-order valence-electron chi connectivity index (χ1n) is 20.5. The fraction of sp³-hybridized carbons (Fsp3) is 0.364. The van der Waals surface area contributed by atoms with Crippen LogP contribution in [0.1, 0.15) is 49.2 Å². The van der Waals surface area contributed by atoms with E-state index in [9.17, 15) is 47.9 Å². The topological polar surface area (TPSA) is 288 Å². The molecule has 20 nitrogen and oxygen atoms in total. The maximum absolute atomic E-state index is 14.0. The van der Waals surface area contributed by atoms with Crippen LogP contribution in [0.5, 0.6) is 0 Å². The molecule has 0 heterocycles. The minimum atomic E-state index is -1.17. The van der Waals surface area contributed by atoms with Crippen LogP contribution < -0.4 is 47.9 Å². The fourth-order valence-corrected chi connectivity index (χ4v) is 7.20. The Bertz CT molecular complexity index is 2180. The second-order valence-corrected chi connectivity index (χ2v) is 16.5. The van der Waals surface area contributed by atoms with Gasteiger partial charge in [0.1, 0.15) is 36.7 Å². The summed E-state index contributed by atoms with van der Waals surface area (Å²) in [6.45, 7) is 3.62. The third-order valence-electron chi connectivity index (χ3n) is 9.11. The zero-order valence-electron chi connectivity index (χ0n) is 36.8. The van der Waals surface area contributed by atoms with Crippen molar-refractivity contribution in [1.29, 1.82) is 0 Å². The molecule has 0 radical (unpaired) electrons. The van der Waals surface area contributed by atoms with Gasteiger partial charge in [0.2, 0.25) is 47.3 Å². The maximum Gasteiger partial charge on any atom is 0.325 e. The van der Waals surface area contributed by atoms with E-state index in [2.05, 4.69) is 47.9 Å². The molecule has 0 fully saturated rings. The van der Waals surface area contributed by atoms with Gasteiger partial charge in [0.15, 0.2) is 4.90 Å². The molecule has 9 amide bonds. The average molecular weight is 919 g/mol. The molecule has 0 saturated heterocycles. The summed E-state index contributed by atoms with van der Waals surface area (Å²) in [5, 5.41) is 22.2. The number of amides is 9. The van der Waals surface area contributed by atoms with Crippen LogP contribution in [0.4, 0.5) is 5.69 Å². The van der Waals surface area contributed by atoms with Crippen LogP contribution in [0.2, 0.25) is 0 Å². The second kappa shape index (κ2) is 27.0. The normalized spacial score (nSPS) is 12.3. The van der Waals surface area contributed by atoms with Gasteiger partial charge in [-0.1, -0.05) is 54.6 Å². The lowest BCUT2D eigenvalue weighted by molar-refractivity contribution is -0.143. The molecule has 1 unspecified atom stereocenters. The second-order valence-electron chi connectivity index (χ2n) is 14.5. The Morgan fingerprint density at radius 1 is 0.600 bits per heavy atom. The highest BCUT2D eigenvalue weighted by molar-refractivity contribution is 7.95. The highest BCUT2D eigenvalue weighted by atomic mass is 32.2. The summed E-state index contributed by atoms with van der Waals surface area (Å²) < 4.78 is 4.72. The average Bonchev–Trinajstić information content (AvgIpc) is 3.28. The quantitative estimate of drug-likeness (QED) is 0.0386. The summed E-state index contributed by atoms with van der Waals surface area (Å²) >= 11 is 0. The molecule has 3 rings (SSSR count). The van der Waals surface area contributed by atoms with Gasteiger partial charge in [-0.25, -0.2) is 0 Å². The van der Waals surface area contributed by atoms with Gasteiger partial charge in [0, 0.05) is 41.1 Å². The number of hydrogen-bond acceptors (Lipinski definition) is 11. The molecule has 0 bridgehead atoms. The molecule has 348 valence electrons. The van der Waals surface area contributed by atoms with Gasteiger partial charge in [-0.3, -0.25) is 47.9 Å². The molecule has 0 saturated carbocycles. The first-order valence-corrected chi connectivity index (χ1v) is 22.3. The van der Waals surface area contributed by atoms with Crippen molar-refractivity contribution in [2.75, 3.05) is 50.9 Å². The summed E-state index contributed by atoms with van der Waals surface area (Å²) in [6.07, 6.45) is 2.06. The third kappa shape index (κ3) is 19.3. The standard InChI is InChI=1S/C44H55N9O11S/c1-6-64-40(59)25-48-37(56)22-46-36(55)21-47-38(57)23-49-43(62)34-20-32(18-17-31(34)26-65(5)33-15-11-8-12-16-33)52-44(63)35(19-30-13-9-7-10-14-30)53-42(61)28(3)51-41(60)27(2)50-39(58)24-45-29(4)54/h7-18,20,27-28,35H,6,19,21-26H2,1-5H3,(H8-,45,46,47,48,49,50,51,52,53,54,55,56,57,58,60,61,62,63)/p+1/t27-,28-,35-,65?/m0/s1. The van der Waals surface area contributed by atoms with Crippen molar-refractivity contribution in [3.8, 4) is 0 Å². The summed E-state index contributed by atoms with van der Waals surface area (Å²) in [7, 11) is -0.371. The van der Waals surface area contributed by atoms with Crippen molar-refractivity contribution >= 4 is 75.7 Å². The van der Waals surface area contributed by atoms with E-state index in [4.69, 9.17) is 4.74 Å². The van der Waals surface area contributed by atoms with Gasteiger partial charge in [0.05, 0.1) is 32.8 Å². The zero-order chi connectivity index (χ0) is 47.9. The molecule has 3 aromatic rings. The van der Waals surface area contributed by atoms with Crippen molar-refractivity contribution in [3.05, 3.63) is 95.6 Å². The Kier molecular flexibility index (Phi) is 21.6. The number of carbonyl (C=O) groups is 10. The van der Waals surface area contributed by atoms with E-state index in [1.165, 1.54) is 26.8 Å². The number of nitrogens with one attached hydrogen (secondary N) is 9. The zero-order valence-corrected chi connectivity index (χ0v) is 37.6. The Morgan fingerprint density at radius 3 is 1.74 bits per heavy atom. The Balaban J connectivity index is 1.73. The Labute approximate surface area is 379 Å². The van der Waals surface area contributed by atoms with Crippen LogP contribution >= 0.6 is 0 Å². The van der Waals surface area contributed by atoms with Gasteiger partial charge in [-0.15, -0.1) is 0 Å². The van der Waals surface area contributed by atoms with Crippen LogP contribution in [0.3, 0.4) is 0 Å². The first-order chi connectivity index (χ1) is 30.9. The van der Waals surface area contributed by atoms with Crippen molar-refractivity contribution in [2.24, 2.45) is 0 Å². The maximum atomic E-state index is 14.0. The molecule has 3 aromatic carbocycles. The first kappa shape index (κ1) is 52.1. The van der Waals surface area contributed by atoms with Gasteiger partial charge in [-0.05, 0) is 50.6 Å². The van der Waals surface area contributed by atoms with E-state index in [0.717, 1.165) is 4.90 Å². The largest absolute Gasteiger partial charge is 0.465 e. The SMILES string of the molecule is CCOC(=O)CNC(=O)CNC(=O)CNC(=O)CNC(=O)c1cc(NC(=O)[C@H](Cc2ccccc2)NC(=O)[C@H](C)NC(=O)[C@H](C)NC(=O)CNC(C)=O)ccc1C[S+](C)c1ccccc1. The van der Waals surface area contributed by atoms with E-state index in [1.54, 1.807) is 49.4 Å². The highest BCUT2D eigenvalue weighted by Gasteiger charge is 2.28. The van der Waals surface area contributed by atoms with Crippen LogP contribution in [-0.4, -0.2) is 123 Å². The molecule has 0 aliphatic carbocycles. The molecule has 0 spiro atoms. The molecular weight excluding hydrogens is 863 g/mol. The number of esters is 1. The van der Waals surface area contributed by atoms with E-state index in [1.807, 2.05) is 36.6 Å². The number of hydrogen-bond donors (Lipinski definition) is 9. The number of rotatable bonds is 24. The third-order valence-corrected chi connectivity index (χ3v) is 10.9. The Hall–Kier alpha value is -7.29. The lowest BCUT2D eigenvalue weighted by Crippen LogP contribution is -2.55. The molecule has 0 aliphatic rings. The monoisotopic (exact) mass is 918 g/mol. The van der Waals surface area contributed by atoms with Crippen LogP contribution in [0.25, 0.3) is 0 Å². The Morgan fingerprint density at radius 2 is 1.14 bits per heavy atom. The molecule has 0 aliphatic heterocycles. The van der Waals surface area contributed by atoms with Crippen molar-refractivity contribution < 1.29 is 52.7 Å². The summed E-state index contributed by atoms with van der Waals surface area (Å²) in [5.74, 6) is -6.00.